The maximum Gasteiger partial charge on any atom is 0.150 e. The fourth-order valence-corrected chi connectivity index (χ4v) is 6.69. The standard InChI is InChI=1S/C14H5N3S4/c1-7(4-15)13-18-9-2-11-12(3-10(9)19-13)21-14(20-11)8(5-16)6-17/h2-3H,1H3. The van der Waals surface area contributed by atoms with Crippen molar-refractivity contribution in [3.8, 4) is 18.2 Å². The molecule has 100 valence electrons. The molecule has 2 heterocycles. The lowest BCUT2D eigenvalue weighted by Crippen LogP contribution is -1.74. The van der Waals surface area contributed by atoms with Gasteiger partial charge in [0, 0.05) is 25.2 Å². The zero-order valence-electron chi connectivity index (χ0n) is 10.6. The Labute approximate surface area is 139 Å². The molecule has 0 spiro atoms. The summed E-state index contributed by atoms with van der Waals surface area (Å²) >= 11 is 6.15. The van der Waals surface area contributed by atoms with Crippen LogP contribution in [0.15, 0.2) is 51.3 Å². The number of allylic oxidation sites excluding steroid dienone is 2. The summed E-state index contributed by atoms with van der Waals surface area (Å²) in [5.41, 5.74) is 0.904. The minimum absolute atomic E-state index is 0.169. The number of hydrogen-bond donors (Lipinski definition) is 0. The summed E-state index contributed by atoms with van der Waals surface area (Å²) in [6.45, 7) is 1.82. The molecule has 0 saturated carbocycles. The van der Waals surface area contributed by atoms with Gasteiger partial charge in [0.25, 0.3) is 0 Å². The molecule has 0 fully saturated rings. The third-order valence-corrected chi connectivity index (χ3v) is 7.97. The minimum Gasteiger partial charge on any atom is -0.193 e. The molecule has 0 atom stereocenters. The van der Waals surface area contributed by atoms with Gasteiger partial charge >= 0.3 is 0 Å². The quantitative estimate of drug-likeness (QED) is 0.607. The van der Waals surface area contributed by atoms with E-state index in [-0.39, 0.29) is 5.57 Å². The Kier molecular flexibility index (Phi) is 3.97. The highest BCUT2D eigenvalue weighted by Crippen LogP contribution is 2.59. The van der Waals surface area contributed by atoms with Crippen molar-refractivity contribution in [3.63, 3.8) is 0 Å². The Morgan fingerprint density at radius 1 is 0.762 bits per heavy atom. The smallest absolute Gasteiger partial charge is 0.150 e. The Bertz CT molecular complexity index is 792. The van der Waals surface area contributed by atoms with Crippen LogP contribution in [0.2, 0.25) is 0 Å². The van der Waals surface area contributed by atoms with E-state index >= 15 is 0 Å². The van der Waals surface area contributed by atoms with Crippen molar-refractivity contribution in [2.24, 2.45) is 0 Å². The first-order valence-electron chi connectivity index (χ1n) is 5.71. The van der Waals surface area contributed by atoms with Crippen LogP contribution in [0.4, 0.5) is 0 Å². The normalized spacial score (nSPS) is 14.8. The van der Waals surface area contributed by atoms with E-state index in [1.165, 1.54) is 23.5 Å². The molecule has 2 aliphatic heterocycles. The van der Waals surface area contributed by atoms with Crippen LogP contribution >= 0.6 is 47.0 Å². The van der Waals surface area contributed by atoms with Gasteiger partial charge in [-0.15, -0.1) is 0 Å². The summed E-state index contributed by atoms with van der Waals surface area (Å²) in [7, 11) is 0. The van der Waals surface area contributed by atoms with Crippen molar-refractivity contribution in [2.75, 3.05) is 0 Å². The second-order valence-corrected chi connectivity index (χ2v) is 8.79. The highest BCUT2D eigenvalue weighted by molar-refractivity contribution is 8.25. The van der Waals surface area contributed by atoms with Crippen LogP contribution in [0.3, 0.4) is 0 Å². The van der Waals surface area contributed by atoms with Crippen LogP contribution < -0.4 is 0 Å². The fourth-order valence-electron chi connectivity index (χ4n) is 1.70. The number of nitriles is 3. The lowest BCUT2D eigenvalue weighted by molar-refractivity contribution is 1.11. The molecule has 3 nitrogen and oxygen atoms in total. The summed E-state index contributed by atoms with van der Waals surface area (Å²) in [5.74, 6) is 0. The van der Waals surface area contributed by atoms with Gasteiger partial charge in [0.15, 0.2) is 0 Å². The molecular formula is C14H5N3S4. The third-order valence-electron chi connectivity index (χ3n) is 2.72. The van der Waals surface area contributed by atoms with Gasteiger partial charge in [-0.05, 0) is 19.1 Å². The summed E-state index contributed by atoms with van der Waals surface area (Å²) < 4.78 is 1.77. The first kappa shape index (κ1) is 14.5. The monoisotopic (exact) mass is 343 g/mol. The van der Waals surface area contributed by atoms with Crippen LogP contribution in [0.1, 0.15) is 6.92 Å². The van der Waals surface area contributed by atoms with Gasteiger partial charge in [0.05, 0.1) is 14.5 Å². The van der Waals surface area contributed by atoms with E-state index in [2.05, 4.69) is 18.2 Å². The van der Waals surface area contributed by atoms with Crippen LogP contribution in [0, 0.1) is 34.0 Å². The molecule has 1 aromatic carbocycles. The summed E-state index contributed by atoms with van der Waals surface area (Å²) in [5, 5.41) is 26.9. The Balaban J connectivity index is 1.98. The van der Waals surface area contributed by atoms with Crippen molar-refractivity contribution in [1.82, 2.24) is 0 Å². The van der Waals surface area contributed by atoms with Gasteiger partial charge in [-0.3, -0.25) is 0 Å². The van der Waals surface area contributed by atoms with Gasteiger partial charge < -0.3 is 0 Å². The molecule has 0 radical (unpaired) electrons. The Morgan fingerprint density at radius 3 is 1.57 bits per heavy atom. The first-order valence-corrected chi connectivity index (χ1v) is 8.97. The van der Waals surface area contributed by atoms with Gasteiger partial charge in [0.1, 0.15) is 17.7 Å². The Morgan fingerprint density at radius 2 is 1.19 bits per heavy atom. The molecule has 3 rings (SSSR count). The van der Waals surface area contributed by atoms with Crippen LogP contribution in [-0.4, -0.2) is 0 Å². The second kappa shape index (κ2) is 5.75. The average molecular weight is 343 g/mol. The van der Waals surface area contributed by atoms with E-state index < -0.39 is 0 Å². The summed E-state index contributed by atoms with van der Waals surface area (Å²) in [6.07, 6.45) is 0. The number of nitrogens with zero attached hydrogens (tertiary/aromatic N) is 3. The van der Waals surface area contributed by atoms with Crippen molar-refractivity contribution < 1.29 is 0 Å². The minimum atomic E-state index is 0.169. The number of fused-ring (bicyclic) bond motifs is 2. The van der Waals surface area contributed by atoms with E-state index in [4.69, 9.17) is 15.8 Å². The van der Waals surface area contributed by atoms with Gasteiger partial charge in [0.2, 0.25) is 0 Å². The Hall–Kier alpha value is -1.43. The fraction of sp³-hybridized carbons (Fsp3) is 0.0714. The van der Waals surface area contributed by atoms with Crippen LogP contribution in [0.25, 0.3) is 0 Å². The highest BCUT2D eigenvalue weighted by atomic mass is 32.2. The second-order valence-electron chi connectivity index (χ2n) is 4.06. The lowest BCUT2D eigenvalue weighted by Gasteiger charge is -1.99. The maximum atomic E-state index is 8.98. The van der Waals surface area contributed by atoms with E-state index in [9.17, 15) is 0 Å². The van der Waals surface area contributed by atoms with Gasteiger partial charge in [-0.25, -0.2) is 0 Å². The number of rotatable bonds is 0. The van der Waals surface area contributed by atoms with E-state index in [0.29, 0.717) is 0 Å². The van der Waals surface area contributed by atoms with Crippen molar-refractivity contribution in [1.29, 1.82) is 15.8 Å². The van der Waals surface area contributed by atoms with Crippen LogP contribution in [-0.2, 0) is 0 Å². The average Bonchev–Trinajstić information content (AvgIpc) is 3.07. The zero-order valence-corrected chi connectivity index (χ0v) is 13.9. The van der Waals surface area contributed by atoms with E-state index in [1.807, 2.05) is 19.1 Å². The summed E-state index contributed by atoms with van der Waals surface area (Å²) in [4.78, 5) is 4.41. The van der Waals surface area contributed by atoms with Crippen molar-refractivity contribution in [3.05, 3.63) is 31.8 Å². The predicted octanol–water partition coefficient (Wildman–Crippen LogP) is 5.10. The topological polar surface area (TPSA) is 71.4 Å². The largest absolute Gasteiger partial charge is 0.193 e. The zero-order chi connectivity index (χ0) is 15.0. The summed E-state index contributed by atoms with van der Waals surface area (Å²) in [6, 6.07) is 10.2. The molecule has 2 aliphatic rings. The molecule has 0 bridgehead atoms. The van der Waals surface area contributed by atoms with Crippen molar-refractivity contribution >= 4 is 47.0 Å². The molecule has 0 aliphatic carbocycles. The maximum absolute atomic E-state index is 8.98. The van der Waals surface area contributed by atoms with Crippen LogP contribution in [0.5, 0.6) is 0 Å². The number of hydrogen-bond acceptors (Lipinski definition) is 7. The number of benzene rings is 1. The van der Waals surface area contributed by atoms with Gasteiger partial charge in [-0.2, -0.15) is 15.8 Å². The molecule has 0 N–H and O–H groups in total. The lowest BCUT2D eigenvalue weighted by atomic mass is 10.3. The van der Waals surface area contributed by atoms with Gasteiger partial charge in [-0.1, -0.05) is 47.0 Å². The molecule has 0 saturated heterocycles. The molecule has 7 heteroatoms. The molecule has 1 aromatic rings. The van der Waals surface area contributed by atoms with E-state index in [1.54, 1.807) is 23.5 Å². The van der Waals surface area contributed by atoms with E-state index in [0.717, 1.165) is 33.6 Å². The molecule has 0 amide bonds. The SMILES string of the molecule is CC(C#N)=C1Sc2cc3c(cc2S1)SC(=C(C#N)C#N)S3. The first-order chi connectivity index (χ1) is 10.2. The van der Waals surface area contributed by atoms with Crippen molar-refractivity contribution in [2.45, 2.75) is 26.5 Å². The number of thioether (sulfide) groups is 4. The molecule has 0 unspecified atom stereocenters. The molecule has 0 aromatic heterocycles. The predicted molar refractivity (Wildman–Crippen MR) is 86.4 cm³/mol. The highest BCUT2D eigenvalue weighted by Gasteiger charge is 2.27. The third kappa shape index (κ3) is 2.57. The molecule has 21 heavy (non-hydrogen) atoms. The molecular weight excluding hydrogens is 338 g/mol.